The fourth-order valence-electron chi connectivity index (χ4n) is 1.48. The molecule has 1 atom stereocenters. The van der Waals surface area contributed by atoms with Gasteiger partial charge in [0.15, 0.2) is 0 Å². The first-order valence-electron chi connectivity index (χ1n) is 5.45. The first kappa shape index (κ1) is 13.4. The Morgan fingerprint density at radius 3 is 2.59 bits per heavy atom. The maximum atomic E-state index is 13.3. The summed E-state index contributed by atoms with van der Waals surface area (Å²) in [5, 5.41) is 2.65. The van der Waals surface area contributed by atoms with Gasteiger partial charge >= 0.3 is 0 Å². The van der Waals surface area contributed by atoms with Crippen LogP contribution >= 0.6 is 0 Å². The van der Waals surface area contributed by atoms with Crippen molar-refractivity contribution < 1.29 is 14.0 Å². The Labute approximate surface area is 100 Å². The predicted molar refractivity (Wildman–Crippen MR) is 63.0 cm³/mol. The van der Waals surface area contributed by atoms with Crippen LogP contribution < -0.4 is 5.32 Å². The number of amides is 1. The Bertz CT molecular complexity index is 443. The van der Waals surface area contributed by atoms with E-state index >= 15 is 0 Å². The Morgan fingerprint density at radius 2 is 2.06 bits per heavy atom. The van der Waals surface area contributed by atoms with Crippen LogP contribution in [0.25, 0.3) is 0 Å². The number of carbonyl (C=O) groups excluding carboxylic acids is 2. The number of hydrogen-bond acceptors (Lipinski definition) is 2. The van der Waals surface area contributed by atoms with Crippen LogP contribution in [0, 0.1) is 12.7 Å². The number of carbonyl (C=O) groups is 2. The van der Waals surface area contributed by atoms with Gasteiger partial charge in [0.2, 0.25) is 5.91 Å². The second-order valence-corrected chi connectivity index (χ2v) is 4.18. The van der Waals surface area contributed by atoms with Crippen molar-refractivity contribution in [2.75, 3.05) is 0 Å². The highest BCUT2D eigenvalue weighted by Crippen LogP contribution is 2.16. The van der Waals surface area contributed by atoms with Gasteiger partial charge in [-0.1, -0.05) is 12.1 Å². The fourth-order valence-corrected chi connectivity index (χ4v) is 1.48. The largest absolute Gasteiger partial charge is 0.349 e. The number of ketones is 1. The molecule has 1 aromatic carbocycles. The van der Waals surface area contributed by atoms with E-state index in [1.165, 1.54) is 13.0 Å². The second-order valence-electron chi connectivity index (χ2n) is 4.18. The van der Waals surface area contributed by atoms with E-state index in [-0.39, 0.29) is 30.0 Å². The van der Waals surface area contributed by atoms with Crippen molar-refractivity contribution in [1.29, 1.82) is 0 Å². The van der Waals surface area contributed by atoms with Crippen molar-refractivity contribution in [2.45, 2.75) is 33.2 Å². The first-order chi connectivity index (χ1) is 7.90. The summed E-state index contributed by atoms with van der Waals surface area (Å²) in [7, 11) is 0. The maximum absolute atomic E-state index is 13.3. The summed E-state index contributed by atoms with van der Waals surface area (Å²) in [5.41, 5.74) is 1.25. The quantitative estimate of drug-likeness (QED) is 0.817. The van der Waals surface area contributed by atoms with Gasteiger partial charge in [0.05, 0.1) is 12.5 Å². The van der Waals surface area contributed by atoms with Crippen LogP contribution in [0.4, 0.5) is 4.39 Å². The summed E-state index contributed by atoms with van der Waals surface area (Å²) in [6, 6.07) is 4.51. The molecule has 0 radical (unpaired) electrons. The zero-order chi connectivity index (χ0) is 13.0. The topological polar surface area (TPSA) is 46.2 Å². The highest BCUT2D eigenvalue weighted by atomic mass is 19.1. The van der Waals surface area contributed by atoms with Crippen molar-refractivity contribution in [3.63, 3.8) is 0 Å². The van der Waals surface area contributed by atoms with Crippen LogP contribution in [-0.4, -0.2) is 11.7 Å². The molecule has 0 saturated heterocycles. The normalized spacial score (nSPS) is 12.0. The monoisotopic (exact) mass is 237 g/mol. The molecule has 0 fully saturated rings. The highest BCUT2D eigenvalue weighted by molar-refractivity contribution is 5.96. The molecular formula is C13H16FNO2. The predicted octanol–water partition coefficient (Wildman–Crippen LogP) is 2.29. The molecule has 4 heteroatoms. The van der Waals surface area contributed by atoms with E-state index in [1.807, 2.05) is 0 Å². The molecular weight excluding hydrogens is 221 g/mol. The second kappa shape index (κ2) is 5.57. The lowest BCUT2D eigenvalue weighted by molar-refractivity contribution is -0.127. The van der Waals surface area contributed by atoms with Crippen molar-refractivity contribution >= 4 is 11.7 Å². The molecule has 0 aliphatic rings. The van der Waals surface area contributed by atoms with Crippen LogP contribution in [-0.2, 0) is 9.59 Å². The van der Waals surface area contributed by atoms with E-state index in [4.69, 9.17) is 0 Å². The molecule has 0 heterocycles. The lowest BCUT2D eigenvalue weighted by Gasteiger charge is -2.14. The highest BCUT2D eigenvalue weighted by Gasteiger charge is 2.12. The van der Waals surface area contributed by atoms with Gasteiger partial charge in [0.1, 0.15) is 11.6 Å². The summed E-state index contributed by atoms with van der Waals surface area (Å²) in [6.07, 6.45) is -0.140. The number of Topliss-reactive ketones (excluding diaryl/α,β-unsaturated/α-hetero) is 1. The molecule has 0 aliphatic carbocycles. The Kier molecular flexibility index (Phi) is 4.37. The van der Waals surface area contributed by atoms with Gasteiger partial charge in [-0.2, -0.15) is 0 Å². The van der Waals surface area contributed by atoms with E-state index < -0.39 is 0 Å². The molecule has 0 aliphatic heterocycles. The summed E-state index contributed by atoms with van der Waals surface area (Å²) < 4.78 is 13.3. The molecule has 1 N–H and O–H groups in total. The SMILES string of the molecule is CC(=O)CC(=O)NC(C)c1ccc(C)c(F)c1. The van der Waals surface area contributed by atoms with E-state index in [1.54, 1.807) is 26.0 Å². The van der Waals surface area contributed by atoms with Crippen LogP contribution in [0.15, 0.2) is 18.2 Å². The zero-order valence-corrected chi connectivity index (χ0v) is 10.2. The van der Waals surface area contributed by atoms with E-state index in [0.29, 0.717) is 11.1 Å². The van der Waals surface area contributed by atoms with Gasteiger partial charge in [-0.05, 0) is 38.0 Å². The molecule has 1 unspecified atom stereocenters. The van der Waals surface area contributed by atoms with E-state index in [2.05, 4.69) is 5.32 Å². The van der Waals surface area contributed by atoms with Crippen LogP contribution in [0.5, 0.6) is 0 Å². The zero-order valence-electron chi connectivity index (χ0n) is 10.2. The molecule has 3 nitrogen and oxygen atoms in total. The lowest BCUT2D eigenvalue weighted by atomic mass is 10.1. The fraction of sp³-hybridized carbons (Fsp3) is 0.385. The van der Waals surface area contributed by atoms with Crippen LogP contribution in [0.1, 0.15) is 37.4 Å². The molecule has 1 amide bonds. The Balaban J connectivity index is 2.69. The number of benzene rings is 1. The van der Waals surface area contributed by atoms with Crippen molar-refractivity contribution in [3.05, 3.63) is 35.1 Å². The third-order valence-electron chi connectivity index (χ3n) is 2.48. The average Bonchev–Trinajstić information content (AvgIpc) is 2.20. The maximum Gasteiger partial charge on any atom is 0.227 e. The number of halogens is 1. The minimum atomic E-state index is -0.342. The Morgan fingerprint density at radius 1 is 1.41 bits per heavy atom. The number of hydrogen-bond donors (Lipinski definition) is 1. The molecule has 1 aromatic rings. The first-order valence-corrected chi connectivity index (χ1v) is 5.45. The molecule has 0 spiro atoms. The summed E-state index contributed by atoms with van der Waals surface area (Å²) in [4.78, 5) is 22.1. The van der Waals surface area contributed by atoms with Gasteiger partial charge in [-0.25, -0.2) is 4.39 Å². The average molecular weight is 237 g/mol. The van der Waals surface area contributed by atoms with Crippen molar-refractivity contribution in [1.82, 2.24) is 5.32 Å². The lowest BCUT2D eigenvalue weighted by Crippen LogP contribution is -2.28. The smallest absolute Gasteiger partial charge is 0.227 e. The molecule has 0 bridgehead atoms. The summed E-state index contributed by atoms with van der Waals surface area (Å²) in [5.74, 6) is -0.828. The number of nitrogens with one attached hydrogen (secondary N) is 1. The molecule has 92 valence electrons. The standard InChI is InChI=1S/C13H16FNO2/c1-8-4-5-11(7-12(8)14)10(3)15-13(17)6-9(2)16/h4-5,7,10H,6H2,1-3H3,(H,15,17). The van der Waals surface area contributed by atoms with Crippen molar-refractivity contribution in [3.8, 4) is 0 Å². The van der Waals surface area contributed by atoms with Gasteiger partial charge in [-0.3, -0.25) is 9.59 Å². The van der Waals surface area contributed by atoms with Gasteiger partial charge in [0.25, 0.3) is 0 Å². The van der Waals surface area contributed by atoms with E-state index in [0.717, 1.165) is 0 Å². The molecule has 17 heavy (non-hydrogen) atoms. The third kappa shape index (κ3) is 3.98. The molecule has 0 saturated carbocycles. The number of rotatable bonds is 4. The molecule has 1 rings (SSSR count). The minimum Gasteiger partial charge on any atom is -0.349 e. The van der Waals surface area contributed by atoms with Crippen LogP contribution in [0.3, 0.4) is 0 Å². The van der Waals surface area contributed by atoms with E-state index in [9.17, 15) is 14.0 Å². The van der Waals surface area contributed by atoms with Gasteiger partial charge in [0, 0.05) is 0 Å². The molecule has 0 aromatic heterocycles. The Hall–Kier alpha value is -1.71. The van der Waals surface area contributed by atoms with Crippen LogP contribution in [0.2, 0.25) is 0 Å². The van der Waals surface area contributed by atoms with Gasteiger partial charge in [-0.15, -0.1) is 0 Å². The summed E-state index contributed by atoms with van der Waals surface area (Å²) >= 11 is 0. The third-order valence-corrected chi connectivity index (χ3v) is 2.48. The summed E-state index contributed by atoms with van der Waals surface area (Å²) in [6.45, 7) is 4.79. The van der Waals surface area contributed by atoms with Gasteiger partial charge < -0.3 is 5.32 Å². The number of aryl methyl sites for hydroxylation is 1. The van der Waals surface area contributed by atoms with Crippen molar-refractivity contribution in [2.24, 2.45) is 0 Å². The minimum absolute atomic E-state index is 0.140.